The Morgan fingerprint density at radius 2 is 1.91 bits per heavy atom. The van der Waals surface area contributed by atoms with Crippen LogP contribution in [0.25, 0.3) is 10.2 Å². The number of imide groups is 1. The highest BCUT2D eigenvalue weighted by Gasteiger charge is 2.49. The van der Waals surface area contributed by atoms with Crippen molar-refractivity contribution >= 4 is 33.5 Å². The maximum Gasteiger partial charge on any atom is 0.326 e. The molecule has 6 rings (SSSR count). The van der Waals surface area contributed by atoms with E-state index in [1.807, 2.05) is 12.1 Å². The summed E-state index contributed by atoms with van der Waals surface area (Å²) in [5, 5.41) is 4.06. The number of urea groups is 1. The van der Waals surface area contributed by atoms with Gasteiger partial charge in [-0.3, -0.25) is 9.69 Å². The molecule has 3 aromatic rings. The van der Waals surface area contributed by atoms with Gasteiger partial charge in [0.15, 0.2) is 11.5 Å². The number of hydrogen-bond donors (Lipinski definition) is 1. The summed E-state index contributed by atoms with van der Waals surface area (Å²) in [5.41, 5.74) is 0.612. The fraction of sp³-hybridized carbons (Fsp3) is 0.375. The van der Waals surface area contributed by atoms with Gasteiger partial charge in [-0.1, -0.05) is 18.2 Å². The highest BCUT2D eigenvalue weighted by Crippen LogP contribution is 2.38. The molecular formula is C24H24N4O4S. The normalized spacial score (nSPS) is 23.5. The van der Waals surface area contributed by atoms with Gasteiger partial charge >= 0.3 is 6.03 Å². The second-order valence-corrected chi connectivity index (χ2v) is 9.97. The number of hydrogen-bond acceptors (Lipinski definition) is 7. The maximum absolute atomic E-state index is 13.3. The van der Waals surface area contributed by atoms with Gasteiger partial charge in [-0.15, -0.1) is 11.3 Å². The van der Waals surface area contributed by atoms with Crippen molar-refractivity contribution in [2.24, 2.45) is 0 Å². The first-order valence-electron chi connectivity index (χ1n) is 11.1. The third-order valence-electron chi connectivity index (χ3n) is 6.81. The topological polar surface area (TPSA) is 84.0 Å². The van der Waals surface area contributed by atoms with E-state index >= 15 is 0 Å². The van der Waals surface area contributed by atoms with Gasteiger partial charge in [0.25, 0.3) is 5.91 Å². The van der Waals surface area contributed by atoms with E-state index in [9.17, 15) is 9.59 Å². The zero-order valence-electron chi connectivity index (χ0n) is 18.2. The van der Waals surface area contributed by atoms with Gasteiger partial charge in [0.05, 0.1) is 21.9 Å². The highest BCUT2D eigenvalue weighted by atomic mass is 32.1. The Kier molecular flexibility index (Phi) is 4.77. The molecule has 3 aliphatic heterocycles. The van der Waals surface area contributed by atoms with Crippen LogP contribution in [-0.4, -0.2) is 53.3 Å². The van der Waals surface area contributed by atoms with Crippen LogP contribution in [-0.2, 0) is 10.3 Å². The molecule has 4 heterocycles. The van der Waals surface area contributed by atoms with Crippen LogP contribution in [0.5, 0.6) is 11.5 Å². The van der Waals surface area contributed by atoms with Crippen LogP contribution >= 0.6 is 11.3 Å². The molecule has 1 unspecified atom stereocenters. The van der Waals surface area contributed by atoms with Crippen molar-refractivity contribution in [3.63, 3.8) is 0 Å². The minimum atomic E-state index is -1.13. The van der Waals surface area contributed by atoms with Crippen LogP contribution in [0.3, 0.4) is 0 Å². The van der Waals surface area contributed by atoms with E-state index in [1.165, 1.54) is 14.6 Å². The average molecular weight is 465 g/mol. The number of ether oxygens (including phenoxy) is 2. The predicted octanol–water partition coefficient (Wildman–Crippen LogP) is 3.63. The van der Waals surface area contributed by atoms with Crippen LogP contribution in [0.1, 0.15) is 36.3 Å². The number of carbonyl (C=O) groups excluding carboxylic acids is 2. The zero-order chi connectivity index (χ0) is 22.6. The molecule has 3 aliphatic rings. The summed E-state index contributed by atoms with van der Waals surface area (Å²) in [7, 11) is 0. The van der Waals surface area contributed by atoms with Gasteiger partial charge < -0.3 is 14.8 Å². The van der Waals surface area contributed by atoms with Crippen LogP contribution in [0.2, 0.25) is 0 Å². The van der Waals surface area contributed by atoms with E-state index in [2.05, 4.69) is 22.3 Å². The van der Waals surface area contributed by atoms with E-state index in [0.717, 1.165) is 31.4 Å². The lowest BCUT2D eigenvalue weighted by Gasteiger charge is -2.33. The second-order valence-electron chi connectivity index (χ2n) is 8.91. The standard InChI is InChI=1S/C24H24N4O4S/c1-24(16-6-7-18-19(12-16)32-14-31-18)22(29)28(23(30)26-24)13-27-10-8-15(9-11-27)21-25-17-4-2-3-5-20(17)33-21/h2-7,12,15H,8-11,13-14H2,1H3,(H,26,30). The number of likely N-dealkylation sites (tertiary alicyclic amines) is 1. The monoisotopic (exact) mass is 464 g/mol. The minimum Gasteiger partial charge on any atom is -0.454 e. The molecular weight excluding hydrogens is 440 g/mol. The van der Waals surface area contributed by atoms with Crippen LogP contribution in [0.15, 0.2) is 42.5 Å². The highest BCUT2D eigenvalue weighted by molar-refractivity contribution is 7.18. The number of benzene rings is 2. The molecule has 9 heteroatoms. The Balaban J connectivity index is 1.13. The molecule has 1 atom stereocenters. The molecule has 2 fully saturated rings. The maximum atomic E-state index is 13.3. The summed E-state index contributed by atoms with van der Waals surface area (Å²) in [4.78, 5) is 34.4. The molecule has 3 amide bonds. The van der Waals surface area contributed by atoms with Gasteiger partial charge in [0.2, 0.25) is 6.79 Å². The molecule has 170 valence electrons. The van der Waals surface area contributed by atoms with Crippen molar-refractivity contribution in [1.29, 1.82) is 0 Å². The quantitative estimate of drug-likeness (QED) is 0.594. The SMILES string of the molecule is CC1(c2ccc3c(c2)OCO3)NC(=O)N(CN2CCC(c3nc4ccccc4s3)CC2)C1=O. The lowest BCUT2D eigenvalue weighted by molar-refractivity contribution is -0.132. The first kappa shape index (κ1) is 20.4. The lowest BCUT2D eigenvalue weighted by Crippen LogP contribution is -2.46. The molecule has 1 N–H and O–H groups in total. The number of fused-ring (bicyclic) bond motifs is 2. The fourth-order valence-electron chi connectivity index (χ4n) is 4.81. The Labute approximate surface area is 195 Å². The number of carbonyl (C=O) groups is 2. The van der Waals surface area contributed by atoms with E-state index < -0.39 is 5.54 Å². The number of nitrogens with zero attached hydrogens (tertiary/aromatic N) is 3. The lowest BCUT2D eigenvalue weighted by atomic mass is 9.91. The Morgan fingerprint density at radius 1 is 1.12 bits per heavy atom. The molecule has 2 saturated heterocycles. The molecule has 8 nitrogen and oxygen atoms in total. The fourth-order valence-corrected chi connectivity index (χ4v) is 5.95. The summed E-state index contributed by atoms with van der Waals surface area (Å²) in [5.74, 6) is 1.40. The third kappa shape index (κ3) is 3.43. The largest absolute Gasteiger partial charge is 0.454 e. The molecule has 0 saturated carbocycles. The molecule has 2 aromatic carbocycles. The molecule has 0 bridgehead atoms. The number of nitrogens with one attached hydrogen (secondary N) is 1. The molecule has 1 aromatic heterocycles. The second kappa shape index (κ2) is 7.71. The van der Waals surface area contributed by atoms with Gasteiger partial charge in [-0.05, 0) is 49.6 Å². The summed E-state index contributed by atoms with van der Waals surface area (Å²) in [6, 6.07) is 13.2. The Bertz CT molecular complexity index is 1220. The number of thiazole rings is 1. The van der Waals surface area contributed by atoms with Gasteiger partial charge in [-0.2, -0.15) is 0 Å². The summed E-state index contributed by atoms with van der Waals surface area (Å²) < 4.78 is 12.0. The number of para-hydroxylation sites is 1. The van der Waals surface area contributed by atoms with Crippen molar-refractivity contribution in [3.8, 4) is 11.5 Å². The average Bonchev–Trinajstić information content (AvgIpc) is 3.53. The first-order valence-corrected chi connectivity index (χ1v) is 11.9. The Morgan fingerprint density at radius 3 is 2.73 bits per heavy atom. The van der Waals surface area contributed by atoms with Crippen molar-refractivity contribution in [3.05, 3.63) is 53.0 Å². The van der Waals surface area contributed by atoms with Crippen LogP contribution in [0, 0.1) is 0 Å². The van der Waals surface area contributed by atoms with Crippen molar-refractivity contribution < 1.29 is 19.1 Å². The third-order valence-corrected chi connectivity index (χ3v) is 8.01. The van der Waals surface area contributed by atoms with Crippen molar-refractivity contribution in [1.82, 2.24) is 20.1 Å². The van der Waals surface area contributed by atoms with E-state index in [0.29, 0.717) is 23.0 Å². The van der Waals surface area contributed by atoms with Gasteiger partial charge in [0.1, 0.15) is 5.54 Å². The zero-order valence-corrected chi connectivity index (χ0v) is 19.1. The van der Waals surface area contributed by atoms with Crippen LogP contribution in [0.4, 0.5) is 4.79 Å². The molecule has 0 aliphatic carbocycles. The predicted molar refractivity (Wildman–Crippen MR) is 123 cm³/mol. The number of piperidine rings is 1. The van der Waals surface area contributed by atoms with E-state index in [1.54, 1.807) is 36.5 Å². The first-order chi connectivity index (χ1) is 16.0. The Hall–Kier alpha value is -3.17. The summed E-state index contributed by atoms with van der Waals surface area (Å²) >= 11 is 1.77. The summed E-state index contributed by atoms with van der Waals surface area (Å²) in [6.07, 6.45) is 1.92. The number of aromatic nitrogens is 1. The van der Waals surface area contributed by atoms with Crippen molar-refractivity contribution in [2.75, 3.05) is 26.6 Å². The molecule has 33 heavy (non-hydrogen) atoms. The van der Waals surface area contributed by atoms with E-state index in [4.69, 9.17) is 14.5 Å². The van der Waals surface area contributed by atoms with Crippen molar-refractivity contribution in [2.45, 2.75) is 31.2 Å². The summed E-state index contributed by atoms with van der Waals surface area (Å²) in [6.45, 7) is 3.83. The number of amides is 3. The smallest absolute Gasteiger partial charge is 0.326 e. The van der Waals surface area contributed by atoms with Gasteiger partial charge in [0, 0.05) is 19.0 Å². The molecule has 0 radical (unpaired) electrons. The minimum absolute atomic E-state index is 0.162. The number of rotatable bonds is 4. The van der Waals surface area contributed by atoms with Gasteiger partial charge in [-0.25, -0.2) is 14.7 Å². The van der Waals surface area contributed by atoms with E-state index in [-0.39, 0.29) is 25.4 Å². The molecule has 0 spiro atoms. The van der Waals surface area contributed by atoms with Crippen LogP contribution < -0.4 is 14.8 Å².